The largest absolute Gasteiger partial charge is 0.458 e. The van der Waals surface area contributed by atoms with Crippen LogP contribution >= 0.6 is 11.6 Å². The van der Waals surface area contributed by atoms with E-state index < -0.39 is 30.2 Å². The van der Waals surface area contributed by atoms with Crippen molar-refractivity contribution < 1.29 is 28.7 Å². The highest BCUT2D eigenvalue weighted by Crippen LogP contribution is 2.22. The molecular formula is C24H20ClNO6. The Morgan fingerprint density at radius 2 is 1.62 bits per heavy atom. The number of carbonyl (C=O) groups is 4. The molecule has 0 atom stereocenters. The predicted octanol–water partition coefficient (Wildman–Crippen LogP) is 3.33. The van der Waals surface area contributed by atoms with Crippen LogP contribution in [0, 0.1) is 0 Å². The molecule has 164 valence electrons. The number of rotatable bonds is 10. The highest BCUT2D eigenvalue weighted by atomic mass is 35.5. The third-order valence-corrected chi connectivity index (χ3v) is 4.97. The van der Waals surface area contributed by atoms with Gasteiger partial charge in [-0.3, -0.25) is 19.3 Å². The summed E-state index contributed by atoms with van der Waals surface area (Å²) in [6.07, 6.45) is 2.72. The summed E-state index contributed by atoms with van der Waals surface area (Å²) in [5.41, 5.74) is 0.909. The molecule has 2 aromatic rings. The van der Waals surface area contributed by atoms with Gasteiger partial charge in [0.25, 0.3) is 11.8 Å². The third kappa shape index (κ3) is 5.19. The third-order valence-electron chi connectivity index (χ3n) is 4.63. The lowest BCUT2D eigenvalue weighted by Crippen LogP contribution is -2.33. The number of hydrogen-bond acceptors (Lipinski definition) is 6. The molecule has 0 radical (unpaired) electrons. The lowest BCUT2D eigenvalue weighted by atomic mass is 10.1. The molecule has 32 heavy (non-hydrogen) atoms. The van der Waals surface area contributed by atoms with Gasteiger partial charge in [-0.05, 0) is 29.8 Å². The zero-order valence-corrected chi connectivity index (χ0v) is 17.8. The van der Waals surface area contributed by atoms with Gasteiger partial charge < -0.3 is 9.47 Å². The quantitative estimate of drug-likeness (QED) is 0.104. The number of Topliss-reactive ketones (excluding diaryl/α,β-unsaturated/α-hetero) is 1. The monoisotopic (exact) mass is 453 g/mol. The molecule has 8 heteroatoms. The van der Waals surface area contributed by atoms with Gasteiger partial charge in [0.2, 0.25) is 0 Å². The summed E-state index contributed by atoms with van der Waals surface area (Å²) in [5.74, 6) is -2.28. The molecule has 0 bridgehead atoms. The van der Waals surface area contributed by atoms with E-state index in [1.807, 2.05) is 0 Å². The lowest BCUT2D eigenvalue weighted by Gasteiger charge is -2.14. The van der Waals surface area contributed by atoms with E-state index >= 15 is 0 Å². The SMILES string of the molecule is C=CCOC(=O)C(=Cc1ccccc1Cl)C(=O)COCCN1C(=O)c2ccccc2C1=O. The molecule has 2 amide bonds. The van der Waals surface area contributed by atoms with Crippen LogP contribution < -0.4 is 0 Å². The van der Waals surface area contributed by atoms with E-state index in [0.717, 1.165) is 4.90 Å². The van der Waals surface area contributed by atoms with Gasteiger partial charge in [-0.15, -0.1) is 0 Å². The molecule has 3 rings (SSSR count). The number of nitrogens with zero attached hydrogens (tertiary/aromatic N) is 1. The van der Waals surface area contributed by atoms with E-state index in [-0.39, 0.29) is 25.3 Å². The maximum atomic E-state index is 12.7. The molecule has 0 aliphatic carbocycles. The molecule has 1 aliphatic heterocycles. The fourth-order valence-corrected chi connectivity index (χ4v) is 3.24. The standard InChI is InChI=1S/C24H20ClNO6/c1-2-12-32-24(30)19(14-16-7-3-6-10-20(16)25)21(27)15-31-13-11-26-22(28)17-8-4-5-9-18(17)23(26)29/h2-10,14H,1,11-13,15H2. The molecule has 0 spiro atoms. The van der Waals surface area contributed by atoms with Gasteiger partial charge in [-0.25, -0.2) is 4.79 Å². The Balaban J connectivity index is 1.62. The Hall–Kier alpha value is -3.55. The first-order valence-electron chi connectivity index (χ1n) is 9.74. The molecule has 0 aromatic heterocycles. The van der Waals surface area contributed by atoms with E-state index in [0.29, 0.717) is 21.7 Å². The number of esters is 1. The minimum atomic E-state index is -0.834. The summed E-state index contributed by atoms with van der Waals surface area (Å²) in [6, 6.07) is 13.2. The average Bonchev–Trinajstić information content (AvgIpc) is 3.04. The Kier molecular flexibility index (Phi) is 7.70. The van der Waals surface area contributed by atoms with Crippen LogP contribution in [-0.2, 0) is 19.1 Å². The molecule has 0 saturated carbocycles. The Bertz CT molecular complexity index is 1070. The first kappa shape index (κ1) is 23.1. The number of hydrogen-bond donors (Lipinski definition) is 0. The summed E-state index contributed by atoms with van der Waals surface area (Å²) in [5, 5.41) is 0.362. The topological polar surface area (TPSA) is 90.0 Å². The van der Waals surface area contributed by atoms with E-state index in [1.54, 1.807) is 48.5 Å². The molecule has 7 nitrogen and oxygen atoms in total. The lowest BCUT2D eigenvalue weighted by molar-refractivity contribution is -0.139. The van der Waals surface area contributed by atoms with E-state index in [1.165, 1.54) is 12.2 Å². The van der Waals surface area contributed by atoms with Crippen molar-refractivity contribution in [1.29, 1.82) is 0 Å². The molecule has 2 aromatic carbocycles. The van der Waals surface area contributed by atoms with E-state index in [2.05, 4.69) is 6.58 Å². The Morgan fingerprint density at radius 1 is 1.00 bits per heavy atom. The fourth-order valence-electron chi connectivity index (χ4n) is 3.05. The molecule has 1 heterocycles. The van der Waals surface area contributed by atoms with Crippen LogP contribution in [0.25, 0.3) is 6.08 Å². The number of ether oxygens (including phenoxy) is 2. The molecule has 0 N–H and O–H groups in total. The highest BCUT2D eigenvalue weighted by Gasteiger charge is 2.34. The molecular weight excluding hydrogens is 434 g/mol. The number of amides is 2. The summed E-state index contributed by atoms with van der Waals surface area (Å²) < 4.78 is 10.4. The fraction of sp³-hybridized carbons (Fsp3) is 0.167. The molecule has 0 unspecified atom stereocenters. The van der Waals surface area contributed by atoms with Crippen molar-refractivity contribution in [2.24, 2.45) is 0 Å². The summed E-state index contributed by atoms with van der Waals surface area (Å²) >= 11 is 6.12. The normalized spacial score (nSPS) is 13.2. The second-order valence-electron chi connectivity index (χ2n) is 6.75. The summed E-state index contributed by atoms with van der Waals surface area (Å²) in [4.78, 5) is 50.8. The van der Waals surface area contributed by atoms with E-state index in [4.69, 9.17) is 21.1 Å². The van der Waals surface area contributed by atoms with Crippen molar-refractivity contribution >= 4 is 41.2 Å². The number of carbonyl (C=O) groups excluding carboxylic acids is 4. The zero-order valence-electron chi connectivity index (χ0n) is 17.1. The Morgan fingerprint density at radius 3 is 2.25 bits per heavy atom. The van der Waals surface area contributed by atoms with E-state index in [9.17, 15) is 19.2 Å². The van der Waals surface area contributed by atoms with Crippen LogP contribution in [0.15, 0.2) is 66.8 Å². The maximum Gasteiger partial charge on any atom is 0.342 e. The molecule has 1 aliphatic rings. The van der Waals surface area contributed by atoms with Crippen molar-refractivity contribution in [2.75, 3.05) is 26.4 Å². The van der Waals surface area contributed by atoms with Crippen LogP contribution in [0.2, 0.25) is 5.02 Å². The van der Waals surface area contributed by atoms with Gasteiger partial charge in [0.1, 0.15) is 18.8 Å². The van der Waals surface area contributed by atoms with Gasteiger partial charge in [0, 0.05) is 5.02 Å². The first-order chi connectivity index (χ1) is 15.4. The maximum absolute atomic E-state index is 12.7. The van der Waals surface area contributed by atoms with Crippen molar-refractivity contribution in [2.45, 2.75) is 0 Å². The van der Waals surface area contributed by atoms with Crippen LogP contribution in [0.1, 0.15) is 26.3 Å². The van der Waals surface area contributed by atoms with Gasteiger partial charge in [0.15, 0.2) is 5.78 Å². The second kappa shape index (κ2) is 10.7. The van der Waals surface area contributed by atoms with Crippen LogP contribution in [-0.4, -0.2) is 54.8 Å². The zero-order chi connectivity index (χ0) is 23.1. The number of benzene rings is 2. The second-order valence-corrected chi connectivity index (χ2v) is 7.16. The smallest absolute Gasteiger partial charge is 0.342 e. The summed E-state index contributed by atoms with van der Waals surface area (Å²) in [7, 11) is 0. The van der Waals surface area contributed by atoms with Crippen molar-refractivity contribution in [1.82, 2.24) is 4.90 Å². The van der Waals surface area contributed by atoms with Crippen molar-refractivity contribution in [3.63, 3.8) is 0 Å². The predicted molar refractivity (Wildman–Crippen MR) is 118 cm³/mol. The van der Waals surface area contributed by atoms with Crippen LogP contribution in [0.5, 0.6) is 0 Å². The molecule has 0 saturated heterocycles. The van der Waals surface area contributed by atoms with Crippen molar-refractivity contribution in [3.05, 3.63) is 88.5 Å². The number of fused-ring (bicyclic) bond motifs is 1. The average molecular weight is 454 g/mol. The Labute approximate surface area is 189 Å². The number of ketones is 1. The minimum Gasteiger partial charge on any atom is -0.458 e. The summed E-state index contributed by atoms with van der Waals surface area (Å²) in [6.45, 7) is 2.87. The molecule has 0 fully saturated rings. The minimum absolute atomic E-state index is 0.0237. The highest BCUT2D eigenvalue weighted by molar-refractivity contribution is 6.32. The van der Waals surface area contributed by atoms with Gasteiger partial charge >= 0.3 is 5.97 Å². The number of halogens is 1. The number of imide groups is 1. The van der Waals surface area contributed by atoms with Crippen molar-refractivity contribution in [3.8, 4) is 0 Å². The van der Waals surface area contributed by atoms with Crippen LogP contribution in [0.4, 0.5) is 0 Å². The first-order valence-corrected chi connectivity index (χ1v) is 10.1. The van der Waals surface area contributed by atoms with Gasteiger partial charge in [-0.2, -0.15) is 0 Å². The van der Waals surface area contributed by atoms with Gasteiger partial charge in [-0.1, -0.05) is 54.6 Å². The van der Waals surface area contributed by atoms with Gasteiger partial charge in [0.05, 0.1) is 24.3 Å². The van der Waals surface area contributed by atoms with Crippen LogP contribution in [0.3, 0.4) is 0 Å².